The van der Waals surface area contributed by atoms with Crippen molar-refractivity contribution >= 4 is 17.3 Å². The lowest BCUT2D eigenvalue weighted by Gasteiger charge is -2.22. The van der Waals surface area contributed by atoms with Crippen molar-refractivity contribution in [1.29, 1.82) is 0 Å². The van der Waals surface area contributed by atoms with Gasteiger partial charge in [0.25, 0.3) is 11.6 Å². The van der Waals surface area contributed by atoms with E-state index in [1.165, 1.54) is 6.07 Å². The second kappa shape index (κ2) is 6.56. The van der Waals surface area contributed by atoms with Gasteiger partial charge >= 0.3 is 0 Å². The van der Waals surface area contributed by atoms with Gasteiger partial charge in [-0.1, -0.05) is 6.92 Å². The maximum atomic E-state index is 12.1. The monoisotopic (exact) mass is 317 g/mol. The van der Waals surface area contributed by atoms with Crippen molar-refractivity contribution in [3.8, 4) is 0 Å². The standard InChI is InChI=1S/C17H23N3O3/c1-12-3-2-9-19(10-8-12)15-7-4-13(11-16(15)20(22)23)17(21)18-14-5-6-14/h4,7,11-12,14H,2-3,5-6,8-10H2,1H3,(H,18,21). The van der Waals surface area contributed by atoms with E-state index in [0.717, 1.165) is 45.2 Å². The van der Waals surface area contributed by atoms with Gasteiger partial charge < -0.3 is 10.2 Å². The third kappa shape index (κ3) is 3.81. The molecule has 1 amide bonds. The van der Waals surface area contributed by atoms with Crippen LogP contribution in [-0.4, -0.2) is 30.0 Å². The summed E-state index contributed by atoms with van der Waals surface area (Å²) in [5.41, 5.74) is 1.03. The van der Waals surface area contributed by atoms with Crippen molar-refractivity contribution in [3.05, 3.63) is 33.9 Å². The van der Waals surface area contributed by atoms with Crippen molar-refractivity contribution in [1.82, 2.24) is 5.32 Å². The number of nitrogens with zero attached hydrogens (tertiary/aromatic N) is 2. The minimum Gasteiger partial charge on any atom is -0.366 e. The van der Waals surface area contributed by atoms with Crippen LogP contribution in [0.25, 0.3) is 0 Å². The highest BCUT2D eigenvalue weighted by molar-refractivity contribution is 5.96. The summed E-state index contributed by atoms with van der Waals surface area (Å²) in [6.07, 6.45) is 5.24. The van der Waals surface area contributed by atoms with Crippen LogP contribution in [-0.2, 0) is 0 Å². The number of nitro benzene ring substituents is 1. The lowest BCUT2D eigenvalue weighted by molar-refractivity contribution is -0.384. The maximum absolute atomic E-state index is 12.1. The van der Waals surface area contributed by atoms with E-state index in [2.05, 4.69) is 17.1 Å². The first-order valence-electron chi connectivity index (χ1n) is 8.39. The number of amides is 1. The molecule has 0 spiro atoms. The summed E-state index contributed by atoms with van der Waals surface area (Å²) in [6, 6.07) is 5.10. The van der Waals surface area contributed by atoms with Gasteiger partial charge in [0, 0.05) is 30.8 Å². The molecule has 1 aliphatic carbocycles. The number of carbonyl (C=O) groups is 1. The molecule has 2 fully saturated rings. The van der Waals surface area contributed by atoms with Crippen LogP contribution in [0.3, 0.4) is 0 Å². The molecular weight excluding hydrogens is 294 g/mol. The quantitative estimate of drug-likeness (QED) is 0.684. The Morgan fingerprint density at radius 1 is 1.26 bits per heavy atom. The van der Waals surface area contributed by atoms with Gasteiger partial charge in [0.15, 0.2) is 0 Å². The van der Waals surface area contributed by atoms with E-state index in [1.54, 1.807) is 12.1 Å². The minimum atomic E-state index is -0.377. The Balaban J connectivity index is 1.84. The highest BCUT2D eigenvalue weighted by Gasteiger charge is 2.27. The predicted molar refractivity (Wildman–Crippen MR) is 88.8 cm³/mol. The fourth-order valence-electron chi connectivity index (χ4n) is 3.08. The molecule has 1 saturated heterocycles. The summed E-state index contributed by atoms with van der Waals surface area (Å²) < 4.78 is 0. The molecule has 1 aromatic rings. The number of hydrogen-bond acceptors (Lipinski definition) is 4. The van der Waals surface area contributed by atoms with Crippen LogP contribution in [0, 0.1) is 16.0 Å². The predicted octanol–water partition coefficient (Wildman–Crippen LogP) is 3.11. The van der Waals surface area contributed by atoms with Crippen molar-refractivity contribution in [2.45, 2.75) is 45.1 Å². The zero-order chi connectivity index (χ0) is 16.4. The maximum Gasteiger partial charge on any atom is 0.293 e. The molecule has 2 aliphatic rings. The number of anilines is 1. The molecule has 23 heavy (non-hydrogen) atoms. The Bertz CT molecular complexity index is 613. The molecular formula is C17H23N3O3. The first-order valence-corrected chi connectivity index (χ1v) is 8.39. The van der Waals surface area contributed by atoms with Crippen LogP contribution in [0.5, 0.6) is 0 Å². The van der Waals surface area contributed by atoms with E-state index in [9.17, 15) is 14.9 Å². The van der Waals surface area contributed by atoms with Gasteiger partial charge in [-0.15, -0.1) is 0 Å². The van der Waals surface area contributed by atoms with Crippen LogP contribution in [0.15, 0.2) is 18.2 Å². The van der Waals surface area contributed by atoms with Gasteiger partial charge in [-0.05, 0) is 50.2 Å². The Hall–Kier alpha value is -2.11. The summed E-state index contributed by atoms with van der Waals surface area (Å²) in [4.78, 5) is 25.3. The van der Waals surface area contributed by atoms with Crippen LogP contribution >= 0.6 is 0 Å². The molecule has 3 rings (SSSR count). The molecule has 0 bridgehead atoms. The SMILES string of the molecule is CC1CCCN(c2ccc(C(=O)NC3CC3)cc2[N+](=O)[O-])CC1. The fourth-order valence-corrected chi connectivity index (χ4v) is 3.08. The van der Waals surface area contributed by atoms with Gasteiger partial charge in [0.2, 0.25) is 0 Å². The molecule has 6 heteroatoms. The van der Waals surface area contributed by atoms with E-state index in [-0.39, 0.29) is 22.6 Å². The van der Waals surface area contributed by atoms with Crippen LogP contribution < -0.4 is 10.2 Å². The molecule has 1 saturated carbocycles. The van der Waals surface area contributed by atoms with Crippen molar-refractivity contribution in [2.75, 3.05) is 18.0 Å². The Morgan fingerprint density at radius 3 is 2.74 bits per heavy atom. The molecule has 1 aliphatic heterocycles. The summed E-state index contributed by atoms with van der Waals surface area (Å²) in [6.45, 7) is 3.89. The number of rotatable bonds is 4. The van der Waals surface area contributed by atoms with E-state index in [4.69, 9.17) is 0 Å². The van der Waals surface area contributed by atoms with E-state index < -0.39 is 0 Å². The molecule has 0 aromatic heterocycles. The number of nitrogens with one attached hydrogen (secondary N) is 1. The van der Waals surface area contributed by atoms with Gasteiger partial charge in [0.1, 0.15) is 5.69 Å². The van der Waals surface area contributed by atoms with E-state index in [1.807, 2.05) is 0 Å². The molecule has 1 unspecified atom stereocenters. The third-order valence-electron chi connectivity index (χ3n) is 4.70. The van der Waals surface area contributed by atoms with E-state index >= 15 is 0 Å². The number of nitro groups is 1. The zero-order valence-corrected chi connectivity index (χ0v) is 13.5. The molecule has 1 N–H and O–H groups in total. The highest BCUT2D eigenvalue weighted by Crippen LogP contribution is 2.32. The van der Waals surface area contributed by atoms with Crippen molar-refractivity contribution < 1.29 is 9.72 Å². The molecule has 1 atom stereocenters. The molecule has 1 aromatic carbocycles. The molecule has 6 nitrogen and oxygen atoms in total. The third-order valence-corrected chi connectivity index (χ3v) is 4.70. The lowest BCUT2D eigenvalue weighted by atomic mass is 10.0. The van der Waals surface area contributed by atoms with Crippen molar-refractivity contribution in [2.24, 2.45) is 5.92 Å². The number of benzene rings is 1. The summed E-state index contributed by atoms with van der Waals surface area (Å²) in [5, 5.41) is 14.3. The Labute approximate surface area is 136 Å². The summed E-state index contributed by atoms with van der Waals surface area (Å²) in [7, 11) is 0. The van der Waals surface area contributed by atoms with Gasteiger partial charge in [-0.25, -0.2) is 0 Å². The van der Waals surface area contributed by atoms with Crippen LogP contribution in [0.2, 0.25) is 0 Å². The summed E-state index contributed by atoms with van der Waals surface area (Å²) in [5.74, 6) is 0.439. The second-order valence-corrected chi connectivity index (χ2v) is 6.73. The topological polar surface area (TPSA) is 75.5 Å². The van der Waals surface area contributed by atoms with Crippen molar-refractivity contribution in [3.63, 3.8) is 0 Å². The lowest BCUT2D eigenvalue weighted by Crippen LogP contribution is -2.27. The van der Waals surface area contributed by atoms with Crippen LogP contribution in [0.4, 0.5) is 11.4 Å². The largest absolute Gasteiger partial charge is 0.366 e. The molecule has 1 heterocycles. The van der Waals surface area contributed by atoms with E-state index in [0.29, 0.717) is 17.2 Å². The minimum absolute atomic E-state index is 0.0306. The van der Waals surface area contributed by atoms with Gasteiger partial charge in [0.05, 0.1) is 4.92 Å². The Kier molecular flexibility index (Phi) is 4.50. The van der Waals surface area contributed by atoms with Crippen LogP contribution in [0.1, 0.15) is 49.4 Å². The summed E-state index contributed by atoms with van der Waals surface area (Å²) >= 11 is 0. The van der Waals surface area contributed by atoms with Gasteiger partial charge in [-0.3, -0.25) is 14.9 Å². The Morgan fingerprint density at radius 2 is 2.04 bits per heavy atom. The normalized spacial score (nSPS) is 21.6. The first kappa shape index (κ1) is 15.8. The average Bonchev–Trinajstić information content (AvgIpc) is 3.35. The molecule has 0 radical (unpaired) electrons. The first-order chi connectivity index (χ1) is 11.0. The number of carbonyl (C=O) groups excluding carboxylic acids is 1. The highest BCUT2D eigenvalue weighted by atomic mass is 16.6. The average molecular weight is 317 g/mol. The smallest absolute Gasteiger partial charge is 0.293 e. The number of hydrogen-bond donors (Lipinski definition) is 1. The molecule has 124 valence electrons. The second-order valence-electron chi connectivity index (χ2n) is 6.73. The zero-order valence-electron chi connectivity index (χ0n) is 13.5. The van der Waals surface area contributed by atoms with Gasteiger partial charge in [-0.2, -0.15) is 0 Å². The fraction of sp³-hybridized carbons (Fsp3) is 0.588.